The first kappa shape index (κ1) is 16.0. The van der Waals surface area contributed by atoms with Crippen LogP contribution in [0.4, 0.5) is 17.1 Å². The lowest BCUT2D eigenvalue weighted by Gasteiger charge is -2.10. The van der Waals surface area contributed by atoms with Gasteiger partial charge in [-0.2, -0.15) is 0 Å². The molecule has 0 aliphatic heterocycles. The summed E-state index contributed by atoms with van der Waals surface area (Å²) < 4.78 is 23.0. The summed E-state index contributed by atoms with van der Waals surface area (Å²) in [5.41, 5.74) is 2.74. The smallest absolute Gasteiger partial charge is 0.293 e. The van der Waals surface area contributed by atoms with Gasteiger partial charge in [0, 0.05) is 18.0 Å². The summed E-state index contributed by atoms with van der Waals surface area (Å²) in [7, 11) is -3.49. The standard InChI is InChI=1S/C15H16N2O4S/c1-10-6-11(2)8-12(7-10)16-14-5-4-13(22(3,20)21)9-15(14)17(18)19/h4-9,16H,1-3H3. The Hall–Kier alpha value is -2.41. The lowest BCUT2D eigenvalue weighted by Crippen LogP contribution is -2.02. The Bertz CT molecular complexity index is 824. The van der Waals surface area contributed by atoms with Gasteiger partial charge in [-0.1, -0.05) is 6.07 Å². The average molecular weight is 320 g/mol. The molecule has 0 amide bonds. The molecule has 0 atom stereocenters. The number of hydrogen-bond donors (Lipinski definition) is 1. The molecule has 22 heavy (non-hydrogen) atoms. The van der Waals surface area contributed by atoms with Crippen molar-refractivity contribution in [3.8, 4) is 0 Å². The fourth-order valence-corrected chi connectivity index (χ4v) is 2.84. The van der Waals surface area contributed by atoms with Crippen LogP contribution in [0.1, 0.15) is 11.1 Å². The second-order valence-electron chi connectivity index (χ2n) is 5.21. The Balaban J connectivity index is 2.49. The fourth-order valence-electron chi connectivity index (χ4n) is 2.20. The number of anilines is 2. The summed E-state index contributed by atoms with van der Waals surface area (Å²) in [6.45, 7) is 3.86. The Morgan fingerprint density at radius 2 is 1.64 bits per heavy atom. The van der Waals surface area contributed by atoms with Crippen LogP contribution in [0.15, 0.2) is 41.3 Å². The number of nitrogens with one attached hydrogen (secondary N) is 1. The molecule has 0 aromatic heterocycles. The molecule has 0 bridgehead atoms. The van der Waals surface area contributed by atoms with Crippen LogP contribution >= 0.6 is 0 Å². The molecule has 2 aromatic rings. The summed E-state index contributed by atoms with van der Waals surface area (Å²) >= 11 is 0. The van der Waals surface area contributed by atoms with E-state index in [2.05, 4.69) is 5.32 Å². The molecular weight excluding hydrogens is 304 g/mol. The van der Waals surface area contributed by atoms with Gasteiger partial charge in [-0.3, -0.25) is 10.1 Å². The fraction of sp³-hybridized carbons (Fsp3) is 0.200. The maximum atomic E-state index is 11.5. The topological polar surface area (TPSA) is 89.3 Å². The van der Waals surface area contributed by atoms with Gasteiger partial charge in [0.15, 0.2) is 9.84 Å². The van der Waals surface area contributed by atoms with E-state index in [0.29, 0.717) is 5.69 Å². The molecule has 116 valence electrons. The Kier molecular flexibility index (Phi) is 4.18. The van der Waals surface area contributed by atoms with E-state index >= 15 is 0 Å². The number of hydrogen-bond acceptors (Lipinski definition) is 5. The third kappa shape index (κ3) is 3.62. The van der Waals surface area contributed by atoms with Crippen molar-refractivity contribution in [1.82, 2.24) is 0 Å². The van der Waals surface area contributed by atoms with Crippen LogP contribution < -0.4 is 5.32 Å². The largest absolute Gasteiger partial charge is 0.350 e. The van der Waals surface area contributed by atoms with Gasteiger partial charge in [-0.25, -0.2) is 8.42 Å². The summed E-state index contributed by atoms with van der Waals surface area (Å²) in [4.78, 5) is 10.5. The monoisotopic (exact) mass is 320 g/mol. The Labute approximate surface area is 128 Å². The molecule has 0 unspecified atom stereocenters. The van der Waals surface area contributed by atoms with Gasteiger partial charge in [0.2, 0.25) is 0 Å². The second kappa shape index (κ2) is 5.76. The highest BCUT2D eigenvalue weighted by atomic mass is 32.2. The number of sulfone groups is 1. The minimum Gasteiger partial charge on any atom is -0.350 e. The molecule has 1 N–H and O–H groups in total. The minimum atomic E-state index is -3.49. The number of nitro groups is 1. The number of aryl methyl sites for hydroxylation is 2. The molecule has 0 spiro atoms. The van der Waals surface area contributed by atoms with Crippen molar-refractivity contribution in [3.63, 3.8) is 0 Å². The molecule has 0 aliphatic rings. The van der Waals surface area contributed by atoms with Crippen molar-refractivity contribution in [1.29, 1.82) is 0 Å². The lowest BCUT2D eigenvalue weighted by molar-refractivity contribution is -0.384. The summed E-state index contributed by atoms with van der Waals surface area (Å²) in [6, 6.07) is 9.55. The third-order valence-corrected chi connectivity index (χ3v) is 4.20. The number of rotatable bonds is 4. The van der Waals surface area contributed by atoms with E-state index in [9.17, 15) is 18.5 Å². The average Bonchev–Trinajstić information content (AvgIpc) is 2.36. The van der Waals surface area contributed by atoms with E-state index < -0.39 is 14.8 Å². The predicted octanol–water partition coefficient (Wildman–Crippen LogP) is 3.36. The van der Waals surface area contributed by atoms with Crippen molar-refractivity contribution in [2.45, 2.75) is 18.7 Å². The van der Waals surface area contributed by atoms with Crippen molar-refractivity contribution in [3.05, 3.63) is 57.6 Å². The van der Waals surface area contributed by atoms with E-state index in [-0.39, 0.29) is 16.3 Å². The molecule has 0 radical (unpaired) electrons. The maximum absolute atomic E-state index is 11.5. The number of nitro benzene ring substituents is 1. The quantitative estimate of drug-likeness (QED) is 0.689. The summed E-state index contributed by atoms with van der Waals surface area (Å²) in [6.07, 6.45) is 1.02. The Morgan fingerprint density at radius 3 is 2.14 bits per heavy atom. The zero-order valence-corrected chi connectivity index (χ0v) is 13.3. The normalized spacial score (nSPS) is 11.2. The van der Waals surface area contributed by atoms with Crippen LogP contribution in [0.25, 0.3) is 0 Å². The van der Waals surface area contributed by atoms with Crippen molar-refractivity contribution >= 4 is 26.9 Å². The zero-order chi connectivity index (χ0) is 16.5. The second-order valence-corrected chi connectivity index (χ2v) is 7.23. The van der Waals surface area contributed by atoms with Gasteiger partial charge in [0.05, 0.1) is 9.82 Å². The van der Waals surface area contributed by atoms with Crippen LogP contribution in [0.5, 0.6) is 0 Å². The number of nitrogens with zero attached hydrogens (tertiary/aromatic N) is 1. The van der Waals surface area contributed by atoms with Crippen molar-refractivity contribution < 1.29 is 13.3 Å². The van der Waals surface area contributed by atoms with E-state index in [0.717, 1.165) is 23.4 Å². The van der Waals surface area contributed by atoms with Crippen LogP contribution in [-0.2, 0) is 9.84 Å². The third-order valence-electron chi connectivity index (χ3n) is 3.09. The first-order chi connectivity index (χ1) is 10.2. The van der Waals surface area contributed by atoms with Crippen molar-refractivity contribution in [2.75, 3.05) is 11.6 Å². The number of benzene rings is 2. The molecule has 2 aromatic carbocycles. The van der Waals surface area contributed by atoms with Gasteiger partial charge < -0.3 is 5.32 Å². The van der Waals surface area contributed by atoms with Gasteiger partial charge >= 0.3 is 0 Å². The molecule has 0 saturated carbocycles. The lowest BCUT2D eigenvalue weighted by atomic mass is 10.1. The van der Waals surface area contributed by atoms with Gasteiger partial charge in [-0.05, 0) is 49.2 Å². The molecule has 0 heterocycles. The zero-order valence-electron chi connectivity index (χ0n) is 12.5. The molecule has 6 nitrogen and oxygen atoms in total. The van der Waals surface area contributed by atoms with Crippen LogP contribution in [0, 0.1) is 24.0 Å². The summed E-state index contributed by atoms with van der Waals surface area (Å²) in [5, 5.41) is 14.2. The maximum Gasteiger partial charge on any atom is 0.293 e. The first-order valence-corrected chi connectivity index (χ1v) is 8.40. The van der Waals surface area contributed by atoms with Gasteiger partial charge in [-0.15, -0.1) is 0 Å². The van der Waals surface area contributed by atoms with E-state index in [4.69, 9.17) is 0 Å². The molecular formula is C15H16N2O4S. The van der Waals surface area contributed by atoms with Gasteiger partial charge in [0.25, 0.3) is 5.69 Å². The molecule has 7 heteroatoms. The van der Waals surface area contributed by atoms with E-state index in [1.165, 1.54) is 12.1 Å². The first-order valence-electron chi connectivity index (χ1n) is 6.50. The highest BCUT2D eigenvalue weighted by Crippen LogP contribution is 2.30. The van der Waals surface area contributed by atoms with Crippen LogP contribution in [-0.4, -0.2) is 19.6 Å². The SMILES string of the molecule is Cc1cc(C)cc(Nc2ccc(S(C)(=O)=O)cc2[N+](=O)[O-])c1. The molecule has 0 saturated heterocycles. The van der Waals surface area contributed by atoms with Crippen LogP contribution in [0.3, 0.4) is 0 Å². The highest BCUT2D eigenvalue weighted by Gasteiger charge is 2.18. The van der Waals surface area contributed by atoms with Crippen molar-refractivity contribution in [2.24, 2.45) is 0 Å². The Morgan fingerprint density at radius 1 is 1.05 bits per heavy atom. The highest BCUT2D eigenvalue weighted by molar-refractivity contribution is 7.90. The minimum absolute atomic E-state index is 0.0785. The van der Waals surface area contributed by atoms with Crippen LogP contribution in [0.2, 0.25) is 0 Å². The predicted molar refractivity (Wildman–Crippen MR) is 85.4 cm³/mol. The van der Waals surface area contributed by atoms with Gasteiger partial charge in [0.1, 0.15) is 5.69 Å². The van der Waals surface area contributed by atoms with E-state index in [1.54, 1.807) is 0 Å². The molecule has 0 aliphatic carbocycles. The van der Waals surface area contributed by atoms with E-state index in [1.807, 2.05) is 32.0 Å². The summed E-state index contributed by atoms with van der Waals surface area (Å²) in [5.74, 6) is 0. The molecule has 2 rings (SSSR count). The molecule has 0 fully saturated rings.